The van der Waals surface area contributed by atoms with Crippen molar-refractivity contribution in [2.24, 2.45) is 29.0 Å². The molecule has 2 aliphatic rings. The number of methoxy groups -OCH3 is 1. The summed E-state index contributed by atoms with van der Waals surface area (Å²) in [7, 11) is 1.46. The minimum Gasteiger partial charge on any atom is -0.497 e. The lowest BCUT2D eigenvalue weighted by atomic mass is 9.96. The third kappa shape index (κ3) is 18.9. The maximum absolute atomic E-state index is 14.7. The summed E-state index contributed by atoms with van der Waals surface area (Å²) in [5.41, 5.74) is 16.6. The molecule has 2 saturated heterocycles. The van der Waals surface area contributed by atoms with Crippen molar-refractivity contribution in [3.8, 4) is 5.75 Å². The van der Waals surface area contributed by atoms with E-state index in [4.69, 9.17) is 35.6 Å². The first kappa shape index (κ1) is 42.6. The zero-order valence-electron chi connectivity index (χ0n) is 48.5. The summed E-state index contributed by atoms with van der Waals surface area (Å²) >= 11 is 0.981. The first-order valence-electron chi connectivity index (χ1n) is 27.0. The predicted molar refractivity (Wildman–Crippen MR) is 253 cm³/mol. The minimum atomic E-state index is -4.39. The number of nitrogens with one attached hydrogen (secondary N) is 7. The number of carbonyl (C=O) groups is 11. The number of nitrogens with two attached hydrogens (primary N) is 3. The van der Waals surface area contributed by atoms with Crippen LogP contribution in [0.3, 0.4) is 0 Å². The van der Waals surface area contributed by atoms with Gasteiger partial charge in [0.25, 0.3) is 0 Å². The number of benzene rings is 1. The SMILES string of the molecule is [2H]C([2H])([2H])C([2H])(C([2H])([2H])[2H])C([2H])([2H])C([2H])(NC(=O)[C@@H]1CCCN1C(=O)[C@@H]1CSCCCC(=O)N[C@@H](Cc2ccc(OC)cc2)C(=O)N[C@@H](C(C)CC)C(=O)N[C@@H](CCC(N)=O)C(=O)N[C@@H](CC(N)=O)C(=O)N1)C(=O)NCC(N)=O. The monoisotopic (exact) mass is 998 g/mol. The molecule has 0 saturated carbocycles. The third-order valence-electron chi connectivity index (χ3n) is 11.0. The average molecular weight is 998 g/mol. The lowest BCUT2D eigenvalue weighted by Crippen LogP contribution is -2.61. The third-order valence-corrected chi connectivity index (χ3v) is 12.1. The second kappa shape index (κ2) is 28.1. The van der Waals surface area contributed by atoms with Crippen LogP contribution in [0, 0.1) is 11.8 Å². The molecular formula is C45H69N11O12S. The van der Waals surface area contributed by atoms with Crippen molar-refractivity contribution in [2.75, 3.05) is 31.7 Å². The molecule has 23 nitrogen and oxygen atoms in total. The number of rotatable bonds is 18. The van der Waals surface area contributed by atoms with E-state index in [9.17, 15) is 52.7 Å². The molecule has 0 bridgehead atoms. The number of primary amides is 3. The van der Waals surface area contributed by atoms with Crippen LogP contribution in [-0.2, 0) is 59.2 Å². The molecule has 2 fully saturated rings. The van der Waals surface area contributed by atoms with Gasteiger partial charge in [-0.05, 0) is 67.3 Å². The number of likely N-dealkylation sites (tertiary alicyclic amines) is 1. The number of hydrogen-bond donors (Lipinski definition) is 10. The van der Waals surface area contributed by atoms with Gasteiger partial charge in [-0.2, -0.15) is 11.8 Å². The molecule has 0 aliphatic carbocycles. The molecule has 13 N–H and O–H groups in total. The van der Waals surface area contributed by atoms with E-state index in [2.05, 4.69) is 26.6 Å². The van der Waals surface area contributed by atoms with Gasteiger partial charge in [0, 0.05) is 43.9 Å². The Kier molecular flexibility index (Phi) is 17.4. The summed E-state index contributed by atoms with van der Waals surface area (Å²) in [6, 6.07) is -7.24. The van der Waals surface area contributed by atoms with Crippen molar-refractivity contribution in [3.63, 3.8) is 0 Å². The van der Waals surface area contributed by atoms with Gasteiger partial charge < -0.3 is 64.1 Å². The van der Waals surface area contributed by atoms with Crippen molar-refractivity contribution in [2.45, 2.75) is 134 Å². The fraction of sp³-hybridized carbons (Fsp3) is 0.622. The van der Waals surface area contributed by atoms with Crippen LogP contribution < -0.4 is 59.2 Å². The molecule has 8 atom stereocenters. The van der Waals surface area contributed by atoms with E-state index in [1.54, 1.807) is 48.7 Å². The van der Waals surface area contributed by atoms with Gasteiger partial charge in [-0.1, -0.05) is 46.1 Å². The van der Waals surface area contributed by atoms with Crippen LogP contribution in [0.5, 0.6) is 5.75 Å². The van der Waals surface area contributed by atoms with E-state index in [1.165, 1.54) is 7.11 Å². The summed E-state index contributed by atoms with van der Waals surface area (Å²) in [5, 5.41) is 16.0. The highest BCUT2D eigenvalue weighted by molar-refractivity contribution is 7.99. The van der Waals surface area contributed by atoms with E-state index in [1.807, 2.05) is 0 Å². The summed E-state index contributed by atoms with van der Waals surface area (Å²) in [5.74, 6) is -17.5. The van der Waals surface area contributed by atoms with Gasteiger partial charge in [-0.25, -0.2) is 0 Å². The van der Waals surface area contributed by atoms with Crippen LogP contribution in [0.1, 0.15) is 105 Å². The van der Waals surface area contributed by atoms with Gasteiger partial charge >= 0.3 is 0 Å². The molecule has 0 aromatic heterocycles. The Morgan fingerprint density at radius 3 is 2.17 bits per heavy atom. The molecule has 0 radical (unpaired) electrons. The fourth-order valence-corrected chi connectivity index (χ4v) is 8.12. The number of hydrogen-bond acceptors (Lipinski definition) is 13. The second-order valence-corrected chi connectivity index (χ2v) is 17.4. The van der Waals surface area contributed by atoms with Crippen molar-refractivity contribution in [1.82, 2.24) is 42.1 Å². The molecule has 69 heavy (non-hydrogen) atoms. The Hall–Kier alpha value is -6.46. The van der Waals surface area contributed by atoms with Gasteiger partial charge in [-0.3, -0.25) is 52.7 Å². The first-order valence-corrected chi connectivity index (χ1v) is 23.2. The normalized spacial score (nSPS) is 26.5. The molecule has 1 aromatic carbocycles. The highest BCUT2D eigenvalue weighted by atomic mass is 32.2. The van der Waals surface area contributed by atoms with Gasteiger partial charge in [0.15, 0.2) is 0 Å². The van der Waals surface area contributed by atoms with E-state index < -0.39 is 165 Å². The number of thioether (sulfide) groups is 1. The topological polar surface area (TPSA) is 363 Å². The molecular weight excluding hydrogens is 919 g/mol. The van der Waals surface area contributed by atoms with Crippen LogP contribution >= 0.6 is 11.8 Å². The van der Waals surface area contributed by atoms with Crippen LogP contribution in [-0.4, -0.2) is 144 Å². The molecule has 11 amide bonds. The van der Waals surface area contributed by atoms with Crippen molar-refractivity contribution in [3.05, 3.63) is 29.8 Å². The Labute approximate surface area is 419 Å². The molecule has 0 spiro atoms. The van der Waals surface area contributed by atoms with Crippen LogP contribution in [0.2, 0.25) is 0 Å². The zero-order valence-corrected chi connectivity index (χ0v) is 39.3. The summed E-state index contributed by atoms with van der Waals surface area (Å²) < 4.78 is 87.5. The van der Waals surface area contributed by atoms with Gasteiger partial charge in [0.05, 0.1) is 21.4 Å². The number of nitrogens with zero attached hydrogens (tertiary/aromatic N) is 1. The quantitative estimate of drug-likeness (QED) is 0.0728. The molecule has 1 aromatic rings. The smallest absolute Gasteiger partial charge is 0.246 e. The van der Waals surface area contributed by atoms with E-state index >= 15 is 0 Å². The van der Waals surface area contributed by atoms with Crippen LogP contribution in [0.15, 0.2) is 24.3 Å². The van der Waals surface area contributed by atoms with Crippen molar-refractivity contribution < 1.29 is 71.2 Å². The van der Waals surface area contributed by atoms with E-state index in [0.29, 0.717) is 17.7 Å². The summed E-state index contributed by atoms with van der Waals surface area (Å²) in [6.45, 7) is -6.38. The fourth-order valence-electron chi connectivity index (χ4n) is 7.15. The Morgan fingerprint density at radius 1 is 0.884 bits per heavy atom. The van der Waals surface area contributed by atoms with E-state index in [0.717, 1.165) is 16.7 Å². The number of carbonyl (C=O) groups excluding carboxylic acids is 11. The number of ether oxygens (including phenoxy) is 1. The highest BCUT2D eigenvalue weighted by Gasteiger charge is 2.40. The van der Waals surface area contributed by atoms with Gasteiger partial charge in [0.2, 0.25) is 65.0 Å². The van der Waals surface area contributed by atoms with Gasteiger partial charge in [0.1, 0.15) is 48.0 Å². The van der Waals surface area contributed by atoms with Crippen molar-refractivity contribution in [1.29, 1.82) is 0 Å². The Balaban J connectivity index is 2.14. The first-order chi connectivity index (χ1) is 36.6. The number of amides is 11. The second-order valence-electron chi connectivity index (χ2n) is 16.3. The predicted octanol–water partition coefficient (Wildman–Crippen LogP) is -2.50. The van der Waals surface area contributed by atoms with Gasteiger partial charge in [-0.15, -0.1) is 0 Å². The molecule has 24 heteroatoms. The van der Waals surface area contributed by atoms with E-state index in [-0.39, 0.29) is 50.2 Å². The molecule has 2 aliphatic heterocycles. The largest absolute Gasteiger partial charge is 0.497 e. The highest BCUT2D eigenvalue weighted by Crippen LogP contribution is 2.22. The van der Waals surface area contributed by atoms with Crippen molar-refractivity contribution >= 4 is 76.7 Å². The maximum atomic E-state index is 14.7. The Morgan fingerprint density at radius 2 is 1.55 bits per heavy atom. The lowest BCUT2D eigenvalue weighted by Gasteiger charge is -2.31. The minimum absolute atomic E-state index is 0.0282. The molecule has 3 rings (SSSR count). The maximum Gasteiger partial charge on any atom is 0.246 e. The molecule has 382 valence electrons. The molecule has 2 heterocycles. The standard InChI is InChI=1S/C45H69N11O12S/c1-6-25(4)38-44(66)51-28(15-16-34(46)57)40(62)52-31(21-35(47)58)41(63)54-32(23-69-18-8-10-37(60)50-30(42(64)55-38)20-26-11-13-27(68-5)14-12-26)45(67)56-17-7-9-33(56)43(65)53-29(19-24(2)3)39(61)49-22-36(48)59/h11-14,24-25,28-33,38H,6-10,15-23H2,1-5H3,(H2,46,57)(H2,47,58)(H2,48,59)(H,49,61)(H,50,60)(H,51,66)(H,52,62)(H,53,65)(H,54,63)(H,55,64)/t25?,28-,29?,30-,31-,32-,33-,38-/m0/s1/i2D3,3D3,19D2,24D,29D. The zero-order chi connectivity index (χ0) is 60.0. The van der Waals surface area contributed by atoms with Crippen LogP contribution in [0.25, 0.3) is 0 Å². The average Bonchev–Trinajstić information content (AvgIpc) is 3.88. The Bertz CT molecular complexity index is 2430. The van der Waals surface area contributed by atoms with Crippen LogP contribution in [0.4, 0.5) is 0 Å². The molecule has 2 unspecified atom stereocenters. The summed E-state index contributed by atoms with van der Waals surface area (Å²) in [6.07, 6.45) is -6.54. The lowest BCUT2D eigenvalue weighted by molar-refractivity contribution is -0.142. The summed E-state index contributed by atoms with van der Waals surface area (Å²) in [4.78, 5) is 150.